The molecule has 0 aliphatic rings. The predicted molar refractivity (Wildman–Crippen MR) is 372 cm³/mol. The van der Waals surface area contributed by atoms with E-state index in [-0.39, 0.29) is 25.7 Å². The van der Waals surface area contributed by atoms with E-state index in [1.165, 1.54) is 205 Å². The Morgan fingerprint density at radius 2 is 0.522 bits per heavy atom. The minimum atomic E-state index is -4.95. The summed E-state index contributed by atoms with van der Waals surface area (Å²) in [4.78, 5) is 72.6. The zero-order valence-corrected chi connectivity index (χ0v) is 61.5. The number of aliphatic hydroxyl groups excluding tert-OH is 1. The summed E-state index contributed by atoms with van der Waals surface area (Å²) < 4.78 is 68.4. The monoisotopic (exact) mass is 1350 g/mol. The van der Waals surface area contributed by atoms with Gasteiger partial charge in [-0.3, -0.25) is 37.3 Å². The summed E-state index contributed by atoms with van der Waals surface area (Å²) in [5, 5.41) is 10.6. The maximum absolute atomic E-state index is 13.1. The van der Waals surface area contributed by atoms with Crippen LogP contribution in [-0.4, -0.2) is 96.7 Å². The lowest BCUT2D eigenvalue weighted by Gasteiger charge is -2.21. The van der Waals surface area contributed by atoms with Gasteiger partial charge in [0.05, 0.1) is 26.4 Å². The van der Waals surface area contributed by atoms with E-state index in [9.17, 15) is 43.2 Å². The van der Waals surface area contributed by atoms with Gasteiger partial charge >= 0.3 is 39.5 Å². The standard InChI is InChI=1S/C73H142O17P2/c1-6-10-13-16-19-22-25-27-29-30-32-34-36-39-42-48-53-58-72(77)89-68(62-83-71(76)57-52-47-41-38-35-33-31-28-26-23-20-17-14-11-7-2)64-87-91(79,80)85-60-67(74)61-86-92(81,82)88-65-69(90-73(78)59-54-49-44-43-45-50-55-66(5)9-4)63-84-70(75)56-51-46-40-37-24-21-18-15-12-8-3/h66-69,74H,6-65H2,1-5H3,(H,79,80)(H,81,82)/t66?,67-,68-,69-/m1/s1. The Bertz CT molecular complexity index is 1770. The number of carbonyl (C=O) groups is 4. The van der Waals surface area contributed by atoms with Crippen LogP contribution in [0.25, 0.3) is 0 Å². The van der Waals surface area contributed by atoms with E-state index in [2.05, 4.69) is 34.6 Å². The van der Waals surface area contributed by atoms with Gasteiger partial charge in [0.25, 0.3) is 0 Å². The Kier molecular flexibility index (Phi) is 64.9. The molecular formula is C73H142O17P2. The second kappa shape index (κ2) is 66.3. The number of hydrogen-bond donors (Lipinski definition) is 3. The summed E-state index contributed by atoms with van der Waals surface area (Å²) in [5.74, 6) is -1.40. The second-order valence-electron chi connectivity index (χ2n) is 26.6. The quantitative estimate of drug-likeness (QED) is 0.0222. The predicted octanol–water partition coefficient (Wildman–Crippen LogP) is 21.3. The molecule has 0 rings (SSSR count). The molecule has 0 bridgehead atoms. The summed E-state index contributed by atoms with van der Waals surface area (Å²) in [6.45, 7) is 7.22. The molecule has 0 heterocycles. The van der Waals surface area contributed by atoms with Crippen LogP contribution in [0.15, 0.2) is 0 Å². The van der Waals surface area contributed by atoms with Gasteiger partial charge in [-0.2, -0.15) is 0 Å². The van der Waals surface area contributed by atoms with E-state index >= 15 is 0 Å². The minimum Gasteiger partial charge on any atom is -0.462 e. The van der Waals surface area contributed by atoms with Crippen molar-refractivity contribution >= 4 is 39.5 Å². The van der Waals surface area contributed by atoms with Crippen molar-refractivity contribution in [3.63, 3.8) is 0 Å². The molecule has 3 unspecified atom stereocenters. The number of hydrogen-bond acceptors (Lipinski definition) is 15. The van der Waals surface area contributed by atoms with Gasteiger partial charge in [-0.15, -0.1) is 0 Å². The number of unbranched alkanes of at least 4 members (excludes halogenated alkanes) is 44. The summed E-state index contributed by atoms with van der Waals surface area (Å²) in [6, 6.07) is 0. The molecule has 0 saturated heterocycles. The lowest BCUT2D eigenvalue weighted by atomic mass is 10.00. The molecule has 0 aliphatic heterocycles. The van der Waals surface area contributed by atoms with Gasteiger partial charge in [-0.05, 0) is 31.6 Å². The summed E-state index contributed by atoms with van der Waals surface area (Å²) in [6.07, 6.45) is 54.1. The number of phosphoric ester groups is 2. The highest BCUT2D eigenvalue weighted by Gasteiger charge is 2.30. The number of esters is 4. The lowest BCUT2D eigenvalue weighted by Crippen LogP contribution is -2.30. The number of ether oxygens (including phenoxy) is 4. The van der Waals surface area contributed by atoms with E-state index in [4.69, 9.17) is 37.0 Å². The number of aliphatic hydroxyl groups is 1. The topological polar surface area (TPSA) is 237 Å². The first-order valence-electron chi connectivity index (χ1n) is 38.2. The van der Waals surface area contributed by atoms with Crippen LogP contribution in [0.5, 0.6) is 0 Å². The summed E-state index contributed by atoms with van der Waals surface area (Å²) in [5.41, 5.74) is 0. The van der Waals surface area contributed by atoms with E-state index < -0.39 is 97.5 Å². The Morgan fingerprint density at radius 1 is 0.304 bits per heavy atom. The molecule has 0 aromatic rings. The van der Waals surface area contributed by atoms with E-state index in [1.54, 1.807) is 0 Å². The molecule has 17 nitrogen and oxygen atoms in total. The van der Waals surface area contributed by atoms with Crippen molar-refractivity contribution < 1.29 is 80.2 Å². The average Bonchev–Trinajstić information content (AvgIpc) is 1.95. The van der Waals surface area contributed by atoms with E-state index in [1.807, 2.05) is 0 Å². The third kappa shape index (κ3) is 65.4. The molecule has 6 atom stereocenters. The maximum Gasteiger partial charge on any atom is 0.472 e. The van der Waals surface area contributed by atoms with Crippen LogP contribution in [0.3, 0.4) is 0 Å². The van der Waals surface area contributed by atoms with Crippen molar-refractivity contribution in [3.8, 4) is 0 Å². The Hall–Kier alpha value is -1.94. The molecule has 546 valence electrons. The molecule has 0 amide bonds. The average molecular weight is 1350 g/mol. The zero-order valence-electron chi connectivity index (χ0n) is 59.7. The molecule has 3 N–H and O–H groups in total. The number of phosphoric acid groups is 2. The largest absolute Gasteiger partial charge is 0.472 e. The fourth-order valence-corrected chi connectivity index (χ4v) is 12.7. The Balaban J connectivity index is 5.23. The molecule has 19 heteroatoms. The highest BCUT2D eigenvalue weighted by molar-refractivity contribution is 7.47. The van der Waals surface area contributed by atoms with Crippen molar-refractivity contribution in [3.05, 3.63) is 0 Å². The van der Waals surface area contributed by atoms with Crippen molar-refractivity contribution in [2.24, 2.45) is 5.92 Å². The van der Waals surface area contributed by atoms with Crippen LogP contribution in [0.4, 0.5) is 0 Å². The first-order chi connectivity index (χ1) is 44.6. The first kappa shape index (κ1) is 90.1. The van der Waals surface area contributed by atoms with Gasteiger partial charge in [0.2, 0.25) is 0 Å². The number of carbonyl (C=O) groups excluding carboxylic acids is 4. The molecule has 0 radical (unpaired) electrons. The SMILES string of the molecule is CCCCCCCCCCCCCCCCCCCC(=O)O[C@H](COC(=O)CCCCCCCCCCCCCCCCC)COP(=O)(O)OC[C@@H](O)COP(=O)(O)OC[C@@H](COC(=O)CCCCCCCCCCCC)OC(=O)CCCCCCCCC(C)CC. The van der Waals surface area contributed by atoms with E-state index in [0.29, 0.717) is 25.7 Å². The van der Waals surface area contributed by atoms with Gasteiger partial charge in [-0.1, -0.05) is 330 Å². The highest BCUT2D eigenvalue weighted by atomic mass is 31.2. The first-order valence-corrected chi connectivity index (χ1v) is 41.2. The smallest absolute Gasteiger partial charge is 0.462 e. The zero-order chi connectivity index (χ0) is 67.7. The molecule has 0 aromatic heterocycles. The van der Waals surface area contributed by atoms with Crippen LogP contribution in [0.2, 0.25) is 0 Å². The molecule has 92 heavy (non-hydrogen) atoms. The van der Waals surface area contributed by atoms with Gasteiger partial charge < -0.3 is 33.8 Å². The van der Waals surface area contributed by atoms with E-state index in [0.717, 1.165) is 95.8 Å². The Morgan fingerprint density at radius 3 is 0.772 bits per heavy atom. The van der Waals surface area contributed by atoms with Crippen molar-refractivity contribution in [2.45, 2.75) is 400 Å². The Labute approximate surface area is 562 Å². The van der Waals surface area contributed by atoms with Crippen molar-refractivity contribution in [1.29, 1.82) is 0 Å². The fraction of sp³-hybridized carbons (Fsp3) is 0.945. The van der Waals surface area contributed by atoms with Crippen LogP contribution < -0.4 is 0 Å². The van der Waals surface area contributed by atoms with Crippen LogP contribution in [0.1, 0.15) is 381 Å². The number of rotatable bonds is 73. The van der Waals surface area contributed by atoms with Gasteiger partial charge in [0.1, 0.15) is 19.3 Å². The molecule has 0 aliphatic carbocycles. The van der Waals surface area contributed by atoms with Gasteiger partial charge in [0.15, 0.2) is 12.2 Å². The maximum atomic E-state index is 13.1. The normalized spacial score (nSPS) is 14.3. The molecular weight excluding hydrogens is 1210 g/mol. The van der Waals surface area contributed by atoms with Gasteiger partial charge in [-0.25, -0.2) is 9.13 Å². The second-order valence-corrected chi connectivity index (χ2v) is 29.5. The lowest BCUT2D eigenvalue weighted by molar-refractivity contribution is -0.161. The van der Waals surface area contributed by atoms with Crippen molar-refractivity contribution in [1.82, 2.24) is 0 Å². The highest BCUT2D eigenvalue weighted by Crippen LogP contribution is 2.45. The van der Waals surface area contributed by atoms with Crippen LogP contribution in [-0.2, 0) is 65.4 Å². The van der Waals surface area contributed by atoms with Crippen LogP contribution >= 0.6 is 15.6 Å². The van der Waals surface area contributed by atoms with Crippen LogP contribution in [0, 0.1) is 5.92 Å². The molecule has 0 spiro atoms. The third-order valence-corrected chi connectivity index (χ3v) is 19.3. The molecule has 0 saturated carbocycles. The van der Waals surface area contributed by atoms with Gasteiger partial charge in [0, 0.05) is 25.7 Å². The summed E-state index contributed by atoms with van der Waals surface area (Å²) in [7, 11) is -9.90. The minimum absolute atomic E-state index is 0.103. The van der Waals surface area contributed by atoms with Crippen molar-refractivity contribution in [2.75, 3.05) is 39.6 Å². The molecule has 0 aromatic carbocycles. The fourth-order valence-electron chi connectivity index (χ4n) is 11.1. The molecule has 0 fully saturated rings. The summed E-state index contributed by atoms with van der Waals surface area (Å²) >= 11 is 0. The third-order valence-electron chi connectivity index (χ3n) is 17.4.